The average molecular weight is 326 g/mol. The molecule has 1 N–H and O–H groups in total. The molecule has 2 nitrogen and oxygen atoms in total. The van der Waals surface area contributed by atoms with Gasteiger partial charge in [0.2, 0.25) is 0 Å². The van der Waals surface area contributed by atoms with Crippen LogP contribution in [0.3, 0.4) is 0 Å². The zero-order chi connectivity index (χ0) is 11.0. The molecule has 3 rings (SSSR count). The van der Waals surface area contributed by atoms with Crippen LogP contribution in [0.2, 0.25) is 0 Å². The van der Waals surface area contributed by atoms with E-state index in [1.165, 1.54) is 11.3 Å². The number of rotatable bonds is 1. The van der Waals surface area contributed by atoms with Crippen LogP contribution in [0.1, 0.15) is 11.6 Å². The van der Waals surface area contributed by atoms with Crippen molar-refractivity contribution in [2.75, 3.05) is 19.6 Å². The Morgan fingerprint density at radius 2 is 2.06 bits per heavy atom. The van der Waals surface area contributed by atoms with Gasteiger partial charge in [0.25, 0.3) is 0 Å². The molecule has 3 heteroatoms. The number of piperazine rings is 1. The average Bonchev–Trinajstić information content (AvgIpc) is 2.66. The van der Waals surface area contributed by atoms with E-state index in [1.54, 1.807) is 0 Å². The van der Waals surface area contributed by atoms with E-state index in [-0.39, 0.29) is 0 Å². The van der Waals surface area contributed by atoms with Gasteiger partial charge >= 0.3 is 0 Å². The lowest BCUT2D eigenvalue weighted by molar-refractivity contribution is 0.257. The summed E-state index contributed by atoms with van der Waals surface area (Å²) in [5.74, 6) is 0. The van der Waals surface area contributed by atoms with Crippen molar-refractivity contribution in [3.8, 4) is 0 Å². The highest BCUT2D eigenvalue weighted by molar-refractivity contribution is 14.1. The number of halogens is 1. The first-order valence-electron chi connectivity index (χ1n) is 5.73. The SMILES string of the molecule is IC1C=C2CNCCN2C1c1ccccc1. The number of nitrogens with zero attached hydrogens (tertiary/aromatic N) is 1. The summed E-state index contributed by atoms with van der Waals surface area (Å²) >= 11 is 2.56. The van der Waals surface area contributed by atoms with Crippen molar-refractivity contribution in [3.63, 3.8) is 0 Å². The molecule has 1 saturated heterocycles. The lowest BCUT2D eigenvalue weighted by Gasteiger charge is -2.35. The lowest BCUT2D eigenvalue weighted by Crippen LogP contribution is -2.41. The Kier molecular flexibility index (Phi) is 2.90. The van der Waals surface area contributed by atoms with Gasteiger partial charge in [-0.3, -0.25) is 0 Å². The lowest BCUT2D eigenvalue weighted by atomic mass is 10.0. The van der Waals surface area contributed by atoms with Crippen molar-refractivity contribution in [1.82, 2.24) is 10.2 Å². The summed E-state index contributed by atoms with van der Waals surface area (Å²) < 4.78 is 0.592. The van der Waals surface area contributed by atoms with Gasteiger partial charge in [0.1, 0.15) is 0 Å². The molecule has 0 radical (unpaired) electrons. The van der Waals surface area contributed by atoms with Crippen molar-refractivity contribution >= 4 is 22.6 Å². The van der Waals surface area contributed by atoms with Gasteiger partial charge < -0.3 is 10.2 Å². The highest BCUT2D eigenvalue weighted by atomic mass is 127. The number of fused-ring (bicyclic) bond motifs is 1. The number of benzene rings is 1. The zero-order valence-electron chi connectivity index (χ0n) is 9.07. The topological polar surface area (TPSA) is 15.3 Å². The fourth-order valence-electron chi connectivity index (χ4n) is 2.59. The minimum atomic E-state index is 0.541. The molecular weight excluding hydrogens is 311 g/mol. The summed E-state index contributed by atoms with van der Waals surface area (Å²) in [6, 6.07) is 11.4. The molecule has 0 spiro atoms. The molecular formula is C13H15IN2. The van der Waals surface area contributed by atoms with E-state index in [4.69, 9.17) is 0 Å². The second-order valence-corrected chi connectivity index (χ2v) is 5.77. The third-order valence-electron chi connectivity index (χ3n) is 3.33. The van der Waals surface area contributed by atoms with Crippen LogP contribution in [0, 0.1) is 0 Å². The second kappa shape index (κ2) is 4.37. The second-order valence-electron chi connectivity index (χ2n) is 4.33. The van der Waals surface area contributed by atoms with E-state index in [1.807, 2.05) is 0 Å². The fourth-order valence-corrected chi connectivity index (χ4v) is 3.81. The summed E-state index contributed by atoms with van der Waals surface area (Å²) in [6.45, 7) is 3.26. The Morgan fingerprint density at radius 3 is 2.88 bits per heavy atom. The van der Waals surface area contributed by atoms with Crippen LogP contribution in [-0.4, -0.2) is 28.5 Å². The highest BCUT2D eigenvalue weighted by Gasteiger charge is 2.34. The quantitative estimate of drug-likeness (QED) is 0.629. The molecule has 0 saturated carbocycles. The van der Waals surface area contributed by atoms with E-state index >= 15 is 0 Å². The van der Waals surface area contributed by atoms with Gasteiger partial charge in [0.15, 0.2) is 0 Å². The summed E-state index contributed by atoms with van der Waals surface area (Å²) in [5.41, 5.74) is 2.91. The Balaban J connectivity index is 1.92. The van der Waals surface area contributed by atoms with Gasteiger partial charge in [-0.15, -0.1) is 0 Å². The van der Waals surface area contributed by atoms with Gasteiger partial charge in [0.05, 0.1) is 9.97 Å². The van der Waals surface area contributed by atoms with E-state index in [2.05, 4.69) is 69.2 Å². The molecule has 2 aliphatic heterocycles. The van der Waals surface area contributed by atoms with Gasteiger partial charge in [-0.2, -0.15) is 0 Å². The van der Waals surface area contributed by atoms with E-state index in [0.717, 1.165) is 19.6 Å². The largest absolute Gasteiger partial charge is 0.364 e. The van der Waals surface area contributed by atoms with Crippen molar-refractivity contribution < 1.29 is 0 Å². The van der Waals surface area contributed by atoms with Crippen molar-refractivity contribution in [2.45, 2.75) is 9.97 Å². The molecule has 1 fully saturated rings. The van der Waals surface area contributed by atoms with Crippen molar-refractivity contribution in [1.29, 1.82) is 0 Å². The van der Waals surface area contributed by atoms with E-state index in [9.17, 15) is 0 Å². The van der Waals surface area contributed by atoms with Crippen molar-refractivity contribution in [3.05, 3.63) is 47.7 Å². The Bertz CT molecular complexity index is 402. The number of hydrogen-bond donors (Lipinski definition) is 1. The molecule has 0 amide bonds. The van der Waals surface area contributed by atoms with E-state index < -0.39 is 0 Å². The predicted octanol–water partition coefficient (Wildman–Crippen LogP) is 2.33. The summed E-state index contributed by atoms with van der Waals surface area (Å²) in [6.07, 6.45) is 2.41. The third-order valence-corrected chi connectivity index (χ3v) is 4.38. The monoisotopic (exact) mass is 326 g/mol. The molecule has 2 aliphatic rings. The molecule has 16 heavy (non-hydrogen) atoms. The first-order chi connectivity index (χ1) is 7.86. The minimum absolute atomic E-state index is 0.541. The first-order valence-corrected chi connectivity index (χ1v) is 6.98. The van der Waals surface area contributed by atoms with Crippen LogP contribution in [-0.2, 0) is 0 Å². The third kappa shape index (κ3) is 1.76. The zero-order valence-corrected chi connectivity index (χ0v) is 11.2. The number of nitrogens with one attached hydrogen (secondary N) is 1. The van der Waals surface area contributed by atoms with Crippen LogP contribution in [0.15, 0.2) is 42.1 Å². The maximum Gasteiger partial charge on any atom is 0.0693 e. The van der Waals surface area contributed by atoms with Crippen LogP contribution in [0.25, 0.3) is 0 Å². The smallest absolute Gasteiger partial charge is 0.0693 e. The summed E-state index contributed by atoms with van der Waals surface area (Å²) in [7, 11) is 0. The van der Waals surface area contributed by atoms with Gasteiger partial charge in [0, 0.05) is 25.3 Å². The molecule has 1 aromatic rings. The molecule has 0 bridgehead atoms. The van der Waals surface area contributed by atoms with Crippen molar-refractivity contribution in [2.24, 2.45) is 0 Å². The number of hydrogen-bond acceptors (Lipinski definition) is 2. The normalized spacial score (nSPS) is 28.8. The predicted molar refractivity (Wildman–Crippen MR) is 74.6 cm³/mol. The van der Waals surface area contributed by atoms with Crippen LogP contribution >= 0.6 is 22.6 Å². The molecule has 1 aromatic carbocycles. The molecule has 2 heterocycles. The first kappa shape index (κ1) is 10.6. The Hall–Kier alpha value is -0.550. The van der Waals surface area contributed by atoms with Gasteiger partial charge in [-0.25, -0.2) is 0 Å². The van der Waals surface area contributed by atoms with Crippen LogP contribution in [0.4, 0.5) is 0 Å². The summed E-state index contributed by atoms with van der Waals surface area (Å²) in [5, 5.41) is 3.44. The van der Waals surface area contributed by atoms with Crippen LogP contribution < -0.4 is 5.32 Å². The fraction of sp³-hybridized carbons (Fsp3) is 0.385. The minimum Gasteiger partial charge on any atom is -0.364 e. The molecule has 0 aliphatic carbocycles. The van der Waals surface area contributed by atoms with Crippen LogP contribution in [0.5, 0.6) is 0 Å². The van der Waals surface area contributed by atoms with Gasteiger partial charge in [-0.05, 0) is 11.6 Å². The standard InChI is InChI=1S/C13H15IN2/c14-12-8-11-9-15-6-7-16(11)13(12)10-4-2-1-3-5-10/h1-5,8,12-13,15H,6-7,9H2. The van der Waals surface area contributed by atoms with Gasteiger partial charge in [-0.1, -0.05) is 52.9 Å². The highest BCUT2D eigenvalue weighted by Crippen LogP contribution is 2.39. The maximum atomic E-state index is 3.44. The summed E-state index contributed by atoms with van der Waals surface area (Å²) in [4.78, 5) is 2.56. The Morgan fingerprint density at radius 1 is 1.25 bits per heavy atom. The Labute approximate surface area is 110 Å². The maximum absolute atomic E-state index is 3.44. The number of alkyl halides is 1. The molecule has 84 valence electrons. The van der Waals surface area contributed by atoms with E-state index in [0.29, 0.717) is 9.97 Å². The molecule has 2 unspecified atom stereocenters. The molecule has 2 atom stereocenters. The molecule has 0 aromatic heterocycles.